The Hall–Kier alpha value is -3.43. The topological polar surface area (TPSA) is 113 Å². The van der Waals surface area contributed by atoms with Gasteiger partial charge >= 0.3 is 5.97 Å². The third-order valence-electron chi connectivity index (χ3n) is 3.72. The number of rotatable bonds is 6. The van der Waals surface area contributed by atoms with Crippen LogP contribution in [0.15, 0.2) is 55.0 Å². The highest BCUT2D eigenvalue weighted by Crippen LogP contribution is 2.08. The minimum atomic E-state index is -0.398. The summed E-state index contributed by atoms with van der Waals surface area (Å²) in [4.78, 5) is 22.6. The van der Waals surface area contributed by atoms with Crippen molar-refractivity contribution in [3.63, 3.8) is 0 Å². The molecular formula is C22H26ClN3O6. The number of halogens is 1. The van der Waals surface area contributed by atoms with Gasteiger partial charge in [-0.1, -0.05) is 6.07 Å². The van der Waals surface area contributed by atoms with Crippen LogP contribution in [0.3, 0.4) is 0 Å². The normalized spacial score (nSPS) is 9.31. The molecule has 3 aromatic heterocycles. The summed E-state index contributed by atoms with van der Waals surface area (Å²) in [6.45, 7) is 0.0248. The molecule has 3 rings (SSSR count). The minimum Gasteiger partial charge on any atom is -0.481 e. The molecule has 10 heteroatoms. The minimum absolute atomic E-state index is 0.0248. The summed E-state index contributed by atoms with van der Waals surface area (Å²) >= 11 is 5.54. The number of aliphatic hydroxyl groups is 1. The molecule has 0 unspecified atom stereocenters. The molecule has 0 aliphatic rings. The average molecular weight is 464 g/mol. The summed E-state index contributed by atoms with van der Waals surface area (Å²) < 4.78 is 19.0. The molecule has 0 saturated heterocycles. The number of nitrogens with zero attached hydrogens (tertiary/aromatic N) is 3. The number of esters is 1. The number of ether oxygens (including phenoxy) is 4. The summed E-state index contributed by atoms with van der Waals surface area (Å²) in [6, 6.07) is 10.4. The molecule has 0 aliphatic carbocycles. The molecular weight excluding hydrogens is 438 g/mol. The largest absolute Gasteiger partial charge is 0.481 e. The molecule has 9 nitrogen and oxygen atoms in total. The Morgan fingerprint density at radius 3 is 1.56 bits per heavy atom. The van der Waals surface area contributed by atoms with Crippen LogP contribution in [0.1, 0.15) is 21.5 Å². The van der Waals surface area contributed by atoms with Crippen LogP contribution < -0.4 is 14.2 Å². The number of aromatic nitrogens is 3. The lowest BCUT2D eigenvalue weighted by molar-refractivity contribution is 0.0600. The predicted molar refractivity (Wildman–Crippen MR) is 119 cm³/mol. The molecule has 3 heterocycles. The first kappa shape index (κ1) is 26.6. The smallest absolute Gasteiger partial charge is 0.339 e. The SMILES string of the molecule is COC(=O)c1ccc(OC)nc1.COc1ccc(CCl)cn1.COc1ccc(CO)cn1. The maximum atomic E-state index is 10.9. The molecule has 172 valence electrons. The van der Waals surface area contributed by atoms with E-state index in [1.165, 1.54) is 20.4 Å². The molecule has 32 heavy (non-hydrogen) atoms. The van der Waals surface area contributed by atoms with E-state index in [1.54, 1.807) is 56.9 Å². The lowest BCUT2D eigenvalue weighted by Crippen LogP contribution is -2.01. The quantitative estimate of drug-likeness (QED) is 0.434. The van der Waals surface area contributed by atoms with E-state index in [-0.39, 0.29) is 6.61 Å². The van der Waals surface area contributed by atoms with Crippen molar-refractivity contribution in [3.8, 4) is 17.6 Å². The van der Waals surface area contributed by atoms with E-state index in [0.29, 0.717) is 29.1 Å². The number of hydrogen-bond acceptors (Lipinski definition) is 9. The van der Waals surface area contributed by atoms with Crippen LogP contribution in [0.5, 0.6) is 17.6 Å². The Labute approximate surface area is 191 Å². The Morgan fingerprint density at radius 2 is 1.25 bits per heavy atom. The van der Waals surface area contributed by atoms with Crippen LogP contribution in [0, 0.1) is 0 Å². The second-order valence-corrected chi connectivity index (χ2v) is 6.06. The Kier molecular flexibility index (Phi) is 12.8. The molecule has 0 radical (unpaired) electrons. The van der Waals surface area contributed by atoms with Gasteiger partial charge in [-0.05, 0) is 23.3 Å². The van der Waals surface area contributed by atoms with Crippen LogP contribution in [0.2, 0.25) is 0 Å². The molecule has 1 N–H and O–H groups in total. The van der Waals surface area contributed by atoms with Crippen LogP contribution in [-0.4, -0.2) is 54.5 Å². The highest BCUT2D eigenvalue weighted by molar-refractivity contribution is 6.17. The summed E-state index contributed by atoms with van der Waals surface area (Å²) in [5.41, 5.74) is 2.21. The number of carbonyl (C=O) groups excluding carboxylic acids is 1. The van der Waals surface area contributed by atoms with Crippen LogP contribution in [0.4, 0.5) is 0 Å². The van der Waals surface area contributed by atoms with Gasteiger partial charge in [0.05, 0.1) is 40.6 Å². The van der Waals surface area contributed by atoms with Gasteiger partial charge in [-0.2, -0.15) is 0 Å². The predicted octanol–water partition coefficient (Wildman–Crippen LogP) is 3.29. The molecule has 0 aliphatic heterocycles. The molecule has 0 saturated carbocycles. The summed E-state index contributed by atoms with van der Waals surface area (Å²) in [6.07, 6.45) is 4.69. The van der Waals surface area contributed by atoms with Crippen molar-refractivity contribution in [1.29, 1.82) is 0 Å². The fraction of sp³-hybridized carbons (Fsp3) is 0.273. The van der Waals surface area contributed by atoms with Crippen molar-refractivity contribution in [2.45, 2.75) is 12.5 Å². The highest BCUT2D eigenvalue weighted by atomic mass is 35.5. The van der Waals surface area contributed by atoms with Gasteiger partial charge in [-0.3, -0.25) is 0 Å². The second-order valence-electron chi connectivity index (χ2n) is 5.79. The first-order valence-electron chi connectivity index (χ1n) is 9.24. The van der Waals surface area contributed by atoms with Gasteiger partial charge in [-0.25, -0.2) is 19.7 Å². The van der Waals surface area contributed by atoms with Gasteiger partial charge in [-0.15, -0.1) is 11.6 Å². The molecule has 3 aromatic rings. The first-order valence-corrected chi connectivity index (χ1v) is 9.77. The number of pyridine rings is 3. The number of alkyl halides is 1. The molecule has 0 aromatic carbocycles. The molecule has 0 amide bonds. The third-order valence-corrected chi connectivity index (χ3v) is 4.03. The van der Waals surface area contributed by atoms with Gasteiger partial charge in [0.1, 0.15) is 0 Å². The maximum absolute atomic E-state index is 10.9. The van der Waals surface area contributed by atoms with E-state index in [2.05, 4.69) is 19.7 Å². The van der Waals surface area contributed by atoms with Crippen molar-refractivity contribution >= 4 is 17.6 Å². The number of hydrogen-bond donors (Lipinski definition) is 1. The fourth-order valence-corrected chi connectivity index (χ4v) is 2.13. The molecule has 0 spiro atoms. The highest BCUT2D eigenvalue weighted by Gasteiger charge is 2.04. The Morgan fingerprint density at radius 1 is 0.781 bits per heavy atom. The maximum Gasteiger partial charge on any atom is 0.339 e. The number of methoxy groups -OCH3 is 4. The zero-order valence-electron chi connectivity index (χ0n) is 18.3. The van der Waals surface area contributed by atoms with E-state index in [9.17, 15) is 4.79 Å². The van der Waals surface area contributed by atoms with Crippen molar-refractivity contribution in [3.05, 3.63) is 71.7 Å². The van der Waals surface area contributed by atoms with E-state index < -0.39 is 5.97 Å². The molecule has 0 atom stereocenters. The summed E-state index contributed by atoms with van der Waals surface area (Å²) in [7, 11) is 5.98. The first-order chi connectivity index (χ1) is 15.5. The van der Waals surface area contributed by atoms with Crippen molar-refractivity contribution in [1.82, 2.24) is 15.0 Å². The van der Waals surface area contributed by atoms with Gasteiger partial charge in [0.25, 0.3) is 0 Å². The van der Waals surface area contributed by atoms with E-state index >= 15 is 0 Å². The van der Waals surface area contributed by atoms with Crippen molar-refractivity contribution in [2.75, 3.05) is 28.4 Å². The fourth-order valence-electron chi connectivity index (χ4n) is 1.98. The molecule has 0 bridgehead atoms. The third kappa shape index (κ3) is 9.59. The van der Waals surface area contributed by atoms with Gasteiger partial charge in [0.15, 0.2) is 0 Å². The Balaban J connectivity index is 0.000000241. The van der Waals surface area contributed by atoms with Crippen molar-refractivity contribution < 1.29 is 28.8 Å². The summed E-state index contributed by atoms with van der Waals surface area (Å²) in [5.74, 6) is 1.76. The number of carbonyl (C=O) groups is 1. The zero-order valence-corrected chi connectivity index (χ0v) is 19.1. The van der Waals surface area contributed by atoms with Crippen LogP contribution in [0.25, 0.3) is 0 Å². The van der Waals surface area contributed by atoms with Gasteiger partial charge in [0.2, 0.25) is 17.6 Å². The van der Waals surface area contributed by atoms with Gasteiger partial charge in [0, 0.05) is 42.7 Å². The second kappa shape index (κ2) is 15.4. The zero-order chi connectivity index (χ0) is 23.8. The monoisotopic (exact) mass is 463 g/mol. The lowest BCUT2D eigenvalue weighted by atomic mass is 10.3. The Bertz CT molecular complexity index is 813. The summed E-state index contributed by atoms with van der Waals surface area (Å²) in [5, 5.41) is 8.62. The van der Waals surface area contributed by atoms with E-state index in [4.69, 9.17) is 30.9 Å². The lowest BCUT2D eigenvalue weighted by Gasteiger charge is -1.99. The standard InChI is InChI=1S/C8H9NO3.C7H8ClNO.C7H9NO2/c1-11-7-4-3-6(5-9-7)8(10)12-2;1-10-7-3-2-6(4-8)5-9-7;1-10-7-3-2-6(5-9)4-8-7/h3-5H,1-2H3;2-3,5H,4H2,1H3;2-4,9H,5H2,1H3. The van der Waals surface area contributed by atoms with Gasteiger partial charge < -0.3 is 24.1 Å². The average Bonchev–Trinajstić information content (AvgIpc) is 2.89. The van der Waals surface area contributed by atoms with Crippen LogP contribution >= 0.6 is 11.6 Å². The number of aliphatic hydroxyl groups excluding tert-OH is 1. The van der Waals surface area contributed by atoms with Crippen molar-refractivity contribution in [2.24, 2.45) is 0 Å². The van der Waals surface area contributed by atoms with E-state index in [0.717, 1.165) is 11.1 Å². The van der Waals surface area contributed by atoms with E-state index in [1.807, 2.05) is 6.07 Å². The van der Waals surface area contributed by atoms with Crippen LogP contribution in [-0.2, 0) is 17.2 Å². The molecule has 0 fully saturated rings.